The summed E-state index contributed by atoms with van der Waals surface area (Å²) in [5.41, 5.74) is 4.55. The second-order valence-electron chi connectivity index (χ2n) is 6.72. The molecule has 2 heterocycles. The normalized spacial score (nSPS) is 16.6. The zero-order valence-electron chi connectivity index (χ0n) is 15.2. The molecule has 1 aromatic heterocycles. The SMILES string of the molecule is O=C1NC(c2ccccc2)=C(c2nc3ccccc3s2)C(c2ccc(Cl)cc2)N1. The monoisotopic (exact) mass is 417 g/mol. The fourth-order valence-electron chi connectivity index (χ4n) is 3.52. The maximum absolute atomic E-state index is 12.5. The summed E-state index contributed by atoms with van der Waals surface area (Å²) in [6.45, 7) is 0. The third kappa shape index (κ3) is 3.39. The van der Waals surface area contributed by atoms with Crippen LogP contribution in [0.4, 0.5) is 4.79 Å². The first-order valence-corrected chi connectivity index (χ1v) is 10.4. The number of nitrogens with one attached hydrogen (secondary N) is 2. The zero-order chi connectivity index (χ0) is 19.8. The largest absolute Gasteiger partial charge is 0.327 e. The van der Waals surface area contributed by atoms with Crippen molar-refractivity contribution in [3.05, 3.63) is 100 Å². The standard InChI is InChI=1S/C23H16ClN3OS/c24-16-12-10-15(11-13-16)21-19(22-25-17-8-4-5-9-18(17)29-22)20(26-23(28)27-21)14-6-2-1-3-7-14/h1-13,21H,(H2,26,27,28). The van der Waals surface area contributed by atoms with Crippen LogP contribution in [0, 0.1) is 0 Å². The maximum Gasteiger partial charge on any atom is 0.320 e. The van der Waals surface area contributed by atoms with Crippen molar-refractivity contribution in [3.63, 3.8) is 0 Å². The molecule has 1 unspecified atom stereocenters. The van der Waals surface area contributed by atoms with Gasteiger partial charge in [-0.25, -0.2) is 9.78 Å². The number of amides is 2. The van der Waals surface area contributed by atoms with E-state index < -0.39 is 0 Å². The molecule has 5 rings (SSSR count). The van der Waals surface area contributed by atoms with Gasteiger partial charge in [-0.1, -0.05) is 66.2 Å². The van der Waals surface area contributed by atoms with Gasteiger partial charge in [0.05, 0.1) is 22.0 Å². The van der Waals surface area contributed by atoms with Crippen molar-refractivity contribution in [1.82, 2.24) is 15.6 Å². The van der Waals surface area contributed by atoms with Crippen molar-refractivity contribution >= 4 is 50.5 Å². The number of urea groups is 1. The molecule has 0 fully saturated rings. The molecule has 0 saturated heterocycles. The van der Waals surface area contributed by atoms with Crippen LogP contribution in [-0.4, -0.2) is 11.0 Å². The highest BCUT2D eigenvalue weighted by Crippen LogP contribution is 2.40. The number of halogens is 1. The van der Waals surface area contributed by atoms with Gasteiger partial charge >= 0.3 is 6.03 Å². The number of fused-ring (bicyclic) bond motifs is 1. The van der Waals surface area contributed by atoms with E-state index in [1.54, 1.807) is 11.3 Å². The highest BCUT2D eigenvalue weighted by atomic mass is 35.5. The summed E-state index contributed by atoms with van der Waals surface area (Å²) in [6, 6.07) is 24.9. The molecular formula is C23H16ClN3OS. The van der Waals surface area contributed by atoms with Gasteiger partial charge in [-0.2, -0.15) is 0 Å². The summed E-state index contributed by atoms with van der Waals surface area (Å²) >= 11 is 7.71. The molecule has 0 aliphatic carbocycles. The number of hydrogen-bond acceptors (Lipinski definition) is 3. The van der Waals surface area contributed by atoms with Crippen LogP contribution in [-0.2, 0) is 0 Å². The Morgan fingerprint density at radius 3 is 2.38 bits per heavy atom. The maximum atomic E-state index is 12.5. The summed E-state index contributed by atoms with van der Waals surface area (Å²) in [4.78, 5) is 17.4. The van der Waals surface area contributed by atoms with E-state index in [2.05, 4.69) is 16.7 Å². The van der Waals surface area contributed by atoms with Gasteiger partial charge in [-0.3, -0.25) is 0 Å². The quantitative estimate of drug-likeness (QED) is 0.437. The zero-order valence-corrected chi connectivity index (χ0v) is 16.8. The summed E-state index contributed by atoms with van der Waals surface area (Å²) in [6.07, 6.45) is 0. The average molecular weight is 418 g/mol. The Bertz CT molecular complexity index is 1200. The lowest BCUT2D eigenvalue weighted by Crippen LogP contribution is -2.42. The molecule has 4 aromatic rings. The van der Waals surface area contributed by atoms with E-state index in [-0.39, 0.29) is 12.1 Å². The number of thiazole rings is 1. The molecule has 29 heavy (non-hydrogen) atoms. The number of para-hydroxylation sites is 1. The molecule has 0 saturated carbocycles. The van der Waals surface area contributed by atoms with Crippen LogP contribution in [0.15, 0.2) is 78.9 Å². The van der Waals surface area contributed by atoms with E-state index in [0.717, 1.165) is 37.6 Å². The van der Waals surface area contributed by atoms with E-state index in [1.165, 1.54) is 0 Å². The second kappa shape index (κ2) is 7.35. The van der Waals surface area contributed by atoms with Crippen molar-refractivity contribution in [2.45, 2.75) is 6.04 Å². The predicted octanol–water partition coefficient (Wildman–Crippen LogP) is 5.87. The average Bonchev–Trinajstić information content (AvgIpc) is 3.18. The van der Waals surface area contributed by atoms with Crippen molar-refractivity contribution < 1.29 is 4.79 Å². The van der Waals surface area contributed by atoms with E-state index in [4.69, 9.17) is 16.6 Å². The minimum Gasteiger partial charge on any atom is -0.327 e. The van der Waals surface area contributed by atoms with Gasteiger partial charge in [0, 0.05) is 10.6 Å². The Hall–Kier alpha value is -3.15. The molecule has 1 atom stereocenters. The molecule has 0 radical (unpaired) electrons. The van der Waals surface area contributed by atoms with Gasteiger partial charge < -0.3 is 10.6 Å². The molecule has 2 amide bonds. The Morgan fingerprint density at radius 2 is 1.62 bits per heavy atom. The Balaban J connectivity index is 1.76. The second-order valence-corrected chi connectivity index (χ2v) is 8.19. The van der Waals surface area contributed by atoms with Crippen molar-refractivity contribution in [2.24, 2.45) is 0 Å². The lowest BCUT2D eigenvalue weighted by Gasteiger charge is -2.30. The summed E-state index contributed by atoms with van der Waals surface area (Å²) < 4.78 is 1.11. The molecule has 3 aromatic carbocycles. The van der Waals surface area contributed by atoms with E-state index in [1.807, 2.05) is 72.8 Å². The van der Waals surface area contributed by atoms with Gasteiger partial charge in [-0.05, 0) is 35.4 Å². The predicted molar refractivity (Wildman–Crippen MR) is 119 cm³/mol. The van der Waals surface area contributed by atoms with Gasteiger partial charge in [-0.15, -0.1) is 11.3 Å². The van der Waals surface area contributed by atoms with Crippen molar-refractivity contribution in [3.8, 4) is 0 Å². The van der Waals surface area contributed by atoms with E-state index in [9.17, 15) is 4.79 Å². The summed E-state index contributed by atoms with van der Waals surface area (Å²) in [5.74, 6) is 0. The third-order valence-corrected chi connectivity index (χ3v) is 6.18. The van der Waals surface area contributed by atoms with E-state index >= 15 is 0 Å². The lowest BCUT2D eigenvalue weighted by molar-refractivity contribution is 0.242. The number of nitrogens with zero attached hydrogens (tertiary/aromatic N) is 1. The Kier molecular flexibility index (Phi) is 4.54. The smallest absolute Gasteiger partial charge is 0.320 e. The lowest BCUT2D eigenvalue weighted by atomic mass is 9.93. The summed E-state index contributed by atoms with van der Waals surface area (Å²) in [5, 5.41) is 7.60. The van der Waals surface area contributed by atoms with Crippen LogP contribution >= 0.6 is 22.9 Å². The fourth-order valence-corrected chi connectivity index (χ4v) is 4.69. The first kappa shape index (κ1) is 17.9. The molecule has 1 aliphatic rings. The van der Waals surface area contributed by atoms with E-state index in [0.29, 0.717) is 5.02 Å². The summed E-state index contributed by atoms with van der Waals surface area (Å²) in [7, 11) is 0. The van der Waals surface area contributed by atoms with Gasteiger partial charge in [0.25, 0.3) is 0 Å². The van der Waals surface area contributed by atoms with Crippen LogP contribution in [0.5, 0.6) is 0 Å². The van der Waals surface area contributed by atoms with Gasteiger partial charge in [0.15, 0.2) is 0 Å². The highest BCUT2D eigenvalue weighted by Gasteiger charge is 2.31. The highest BCUT2D eigenvalue weighted by molar-refractivity contribution is 7.19. The number of carbonyl (C=O) groups is 1. The van der Waals surface area contributed by atoms with Crippen molar-refractivity contribution in [1.29, 1.82) is 0 Å². The molecule has 0 bridgehead atoms. The topological polar surface area (TPSA) is 54.0 Å². The fraction of sp³-hybridized carbons (Fsp3) is 0.0435. The number of benzene rings is 3. The number of aromatic nitrogens is 1. The molecule has 4 nitrogen and oxygen atoms in total. The number of hydrogen-bond donors (Lipinski definition) is 2. The number of carbonyl (C=O) groups excluding carboxylic acids is 1. The molecule has 1 aliphatic heterocycles. The minimum absolute atomic E-state index is 0.242. The minimum atomic E-state index is -0.336. The number of rotatable bonds is 3. The molecular weight excluding hydrogens is 402 g/mol. The van der Waals surface area contributed by atoms with Crippen LogP contribution in [0.3, 0.4) is 0 Å². The first-order valence-electron chi connectivity index (χ1n) is 9.17. The van der Waals surface area contributed by atoms with Crippen molar-refractivity contribution in [2.75, 3.05) is 0 Å². The van der Waals surface area contributed by atoms with Crippen LogP contribution in [0.2, 0.25) is 5.02 Å². The van der Waals surface area contributed by atoms with Gasteiger partial charge in [0.1, 0.15) is 5.01 Å². The molecule has 2 N–H and O–H groups in total. The Morgan fingerprint density at radius 1 is 0.897 bits per heavy atom. The molecule has 142 valence electrons. The molecule has 6 heteroatoms. The molecule has 0 spiro atoms. The van der Waals surface area contributed by atoms with Crippen LogP contribution in [0.1, 0.15) is 22.2 Å². The Labute approximate surface area is 176 Å². The van der Waals surface area contributed by atoms with Crippen LogP contribution < -0.4 is 10.6 Å². The first-order chi connectivity index (χ1) is 14.2. The van der Waals surface area contributed by atoms with Crippen LogP contribution in [0.25, 0.3) is 21.5 Å². The van der Waals surface area contributed by atoms with Gasteiger partial charge in [0.2, 0.25) is 0 Å². The third-order valence-electron chi connectivity index (χ3n) is 4.86.